The molecule has 1 unspecified atom stereocenters. The van der Waals surface area contributed by atoms with Gasteiger partial charge < -0.3 is 5.11 Å². The lowest BCUT2D eigenvalue weighted by atomic mass is 10.0. The van der Waals surface area contributed by atoms with Crippen molar-refractivity contribution in [3.8, 4) is 0 Å². The third-order valence-corrected chi connectivity index (χ3v) is 2.67. The molecule has 0 saturated carbocycles. The van der Waals surface area contributed by atoms with Crippen molar-refractivity contribution < 1.29 is 23.1 Å². The molecule has 0 bridgehead atoms. The minimum Gasteiger partial charge on any atom is -0.481 e. The SMILES string of the molecule is C/C=C/C=C(F)\C(C(\C)=C(F)\C=C/C(C)C(=O)O)=C(/C)F.C=C. The van der Waals surface area contributed by atoms with Crippen LogP contribution in [0, 0.1) is 5.92 Å². The van der Waals surface area contributed by atoms with Crippen LogP contribution < -0.4 is 0 Å². The van der Waals surface area contributed by atoms with Crippen LogP contribution in [0.5, 0.6) is 0 Å². The first-order chi connectivity index (χ1) is 10.7. The molecular weight excluding hydrogens is 305 g/mol. The summed E-state index contributed by atoms with van der Waals surface area (Å²) in [4.78, 5) is 10.6. The number of halogens is 3. The van der Waals surface area contributed by atoms with Crippen molar-refractivity contribution in [1.29, 1.82) is 0 Å². The van der Waals surface area contributed by atoms with Gasteiger partial charge in [0.15, 0.2) is 0 Å². The van der Waals surface area contributed by atoms with Gasteiger partial charge in [-0.25, -0.2) is 13.2 Å². The molecule has 0 rings (SSSR count). The number of hydrogen-bond donors (Lipinski definition) is 1. The summed E-state index contributed by atoms with van der Waals surface area (Å²) in [6.07, 6.45) is 5.96. The topological polar surface area (TPSA) is 37.3 Å². The average molecular weight is 328 g/mol. The van der Waals surface area contributed by atoms with E-state index in [4.69, 9.17) is 5.11 Å². The molecule has 1 atom stereocenters. The van der Waals surface area contributed by atoms with Crippen LogP contribution in [0.2, 0.25) is 0 Å². The number of carboxylic acids is 1. The van der Waals surface area contributed by atoms with E-state index in [1.807, 2.05) is 0 Å². The second-order valence-corrected chi connectivity index (χ2v) is 4.41. The zero-order valence-corrected chi connectivity index (χ0v) is 13.9. The number of hydrogen-bond acceptors (Lipinski definition) is 1. The van der Waals surface area contributed by atoms with Crippen molar-refractivity contribution in [3.05, 3.63) is 72.2 Å². The van der Waals surface area contributed by atoms with Gasteiger partial charge in [0.05, 0.1) is 5.92 Å². The Morgan fingerprint density at radius 3 is 2.09 bits per heavy atom. The van der Waals surface area contributed by atoms with Gasteiger partial charge in [0.25, 0.3) is 0 Å². The lowest BCUT2D eigenvalue weighted by molar-refractivity contribution is -0.139. The van der Waals surface area contributed by atoms with Gasteiger partial charge in [-0.05, 0) is 45.4 Å². The van der Waals surface area contributed by atoms with Crippen molar-refractivity contribution in [3.63, 3.8) is 0 Å². The summed E-state index contributed by atoms with van der Waals surface area (Å²) in [6, 6.07) is 0. The predicted molar refractivity (Wildman–Crippen MR) is 88.8 cm³/mol. The molecule has 2 nitrogen and oxygen atoms in total. The molecule has 0 aliphatic heterocycles. The molecule has 1 N–H and O–H groups in total. The van der Waals surface area contributed by atoms with Crippen LogP contribution in [-0.4, -0.2) is 11.1 Å². The minimum atomic E-state index is -1.12. The van der Waals surface area contributed by atoms with Gasteiger partial charge in [-0.3, -0.25) is 4.79 Å². The highest BCUT2D eigenvalue weighted by Crippen LogP contribution is 2.28. The van der Waals surface area contributed by atoms with Crippen molar-refractivity contribution in [2.24, 2.45) is 5.92 Å². The van der Waals surface area contributed by atoms with Crippen LogP contribution in [0.25, 0.3) is 0 Å². The van der Waals surface area contributed by atoms with Gasteiger partial charge in [0, 0.05) is 5.57 Å². The van der Waals surface area contributed by atoms with E-state index in [9.17, 15) is 18.0 Å². The normalized spacial score (nSPS) is 15.7. The van der Waals surface area contributed by atoms with Crippen molar-refractivity contribution in [2.75, 3.05) is 0 Å². The molecule has 0 amide bonds. The monoisotopic (exact) mass is 328 g/mol. The number of carbonyl (C=O) groups is 1. The first-order valence-electron chi connectivity index (χ1n) is 6.85. The highest BCUT2D eigenvalue weighted by Gasteiger charge is 2.15. The maximum Gasteiger partial charge on any atom is 0.310 e. The second-order valence-electron chi connectivity index (χ2n) is 4.41. The fourth-order valence-electron chi connectivity index (χ4n) is 1.42. The molecule has 5 heteroatoms. The third-order valence-electron chi connectivity index (χ3n) is 2.67. The van der Waals surface area contributed by atoms with E-state index in [2.05, 4.69) is 13.2 Å². The zero-order valence-electron chi connectivity index (χ0n) is 13.9. The van der Waals surface area contributed by atoms with Gasteiger partial charge in [-0.2, -0.15) is 0 Å². The van der Waals surface area contributed by atoms with Crippen molar-refractivity contribution in [1.82, 2.24) is 0 Å². The summed E-state index contributed by atoms with van der Waals surface area (Å²) in [5, 5.41) is 8.68. The minimum absolute atomic E-state index is 0.234. The maximum atomic E-state index is 13.9. The van der Waals surface area contributed by atoms with Gasteiger partial charge in [-0.1, -0.05) is 18.2 Å². The molecule has 0 aliphatic rings. The van der Waals surface area contributed by atoms with Crippen LogP contribution in [0.1, 0.15) is 27.7 Å². The molecule has 0 saturated heterocycles. The summed E-state index contributed by atoms with van der Waals surface area (Å²) in [6.45, 7) is 11.3. The highest BCUT2D eigenvalue weighted by molar-refractivity contribution is 5.71. The molecule has 0 spiro atoms. The van der Waals surface area contributed by atoms with Crippen molar-refractivity contribution in [2.45, 2.75) is 27.7 Å². The van der Waals surface area contributed by atoms with Gasteiger partial charge in [0.2, 0.25) is 0 Å². The van der Waals surface area contributed by atoms with Crippen molar-refractivity contribution >= 4 is 5.97 Å². The van der Waals surface area contributed by atoms with Gasteiger partial charge >= 0.3 is 5.97 Å². The smallest absolute Gasteiger partial charge is 0.310 e. The van der Waals surface area contributed by atoms with Crippen LogP contribution in [0.4, 0.5) is 13.2 Å². The zero-order chi connectivity index (χ0) is 18.6. The Morgan fingerprint density at radius 2 is 1.70 bits per heavy atom. The molecular formula is C18H23F3O2. The largest absolute Gasteiger partial charge is 0.481 e. The molecule has 0 heterocycles. The Hall–Kier alpha value is -2.30. The molecule has 0 fully saturated rings. The predicted octanol–water partition coefficient (Wildman–Crippen LogP) is 5.98. The fraction of sp³-hybridized carbons (Fsp3) is 0.278. The molecule has 23 heavy (non-hydrogen) atoms. The Kier molecular flexibility index (Phi) is 12.3. The standard InChI is InChI=1S/C16H19F3O2.C2H4/c1-5-6-7-14(19)15(12(4)17)11(3)13(18)9-8-10(2)16(20)21;1-2/h5-10H,1-4H3,(H,20,21);1-2H2/b6-5+,9-8-,13-11-,14-7+,15-12+;. The Balaban J connectivity index is 0. The summed E-state index contributed by atoms with van der Waals surface area (Å²) in [5.74, 6) is -4.67. The molecule has 0 aromatic carbocycles. The maximum absolute atomic E-state index is 13.9. The Bertz CT molecular complexity index is 549. The van der Waals surface area contributed by atoms with Crippen LogP contribution >= 0.6 is 0 Å². The van der Waals surface area contributed by atoms with E-state index >= 15 is 0 Å². The molecule has 0 aliphatic carbocycles. The third kappa shape index (κ3) is 8.66. The number of allylic oxidation sites excluding steroid dienone is 9. The number of carboxylic acid groups (broad SMARTS) is 1. The number of aliphatic carboxylic acids is 1. The van der Waals surface area contributed by atoms with E-state index in [-0.39, 0.29) is 5.57 Å². The Labute approximate surface area is 135 Å². The Morgan fingerprint density at radius 1 is 1.17 bits per heavy atom. The fourth-order valence-corrected chi connectivity index (χ4v) is 1.42. The van der Waals surface area contributed by atoms with Crippen LogP contribution in [0.15, 0.2) is 72.2 Å². The van der Waals surface area contributed by atoms with Crippen LogP contribution in [0.3, 0.4) is 0 Å². The average Bonchev–Trinajstić information content (AvgIpc) is 2.51. The highest BCUT2D eigenvalue weighted by atomic mass is 19.1. The van der Waals surface area contributed by atoms with Gasteiger partial charge in [0.1, 0.15) is 17.5 Å². The summed E-state index contributed by atoms with van der Waals surface area (Å²) in [5.41, 5.74) is -0.708. The first kappa shape index (κ1) is 23.0. The first-order valence-corrected chi connectivity index (χ1v) is 6.85. The van der Waals surface area contributed by atoms with Gasteiger partial charge in [-0.15, -0.1) is 13.2 Å². The molecule has 128 valence electrons. The van der Waals surface area contributed by atoms with E-state index in [0.29, 0.717) is 0 Å². The summed E-state index contributed by atoms with van der Waals surface area (Å²) < 4.78 is 41.2. The molecule has 0 aromatic rings. The van der Waals surface area contributed by atoms with E-state index in [1.54, 1.807) is 13.0 Å². The summed E-state index contributed by atoms with van der Waals surface area (Å²) in [7, 11) is 0. The quantitative estimate of drug-likeness (QED) is 0.481. The molecule has 0 radical (unpaired) electrons. The van der Waals surface area contributed by atoms with E-state index in [1.165, 1.54) is 19.9 Å². The van der Waals surface area contributed by atoms with Crippen LogP contribution in [-0.2, 0) is 4.79 Å². The van der Waals surface area contributed by atoms with E-state index < -0.39 is 34.9 Å². The van der Waals surface area contributed by atoms with E-state index in [0.717, 1.165) is 25.2 Å². The lowest BCUT2D eigenvalue weighted by Crippen LogP contribution is -2.05. The second kappa shape index (κ2) is 12.3. The molecule has 0 aromatic heterocycles. The number of rotatable bonds is 6. The lowest BCUT2D eigenvalue weighted by Gasteiger charge is -2.07. The summed E-state index contributed by atoms with van der Waals surface area (Å²) >= 11 is 0.